The molecule has 1 saturated heterocycles. The van der Waals surface area contributed by atoms with Crippen molar-refractivity contribution in [2.45, 2.75) is 39.2 Å². The Kier molecular flexibility index (Phi) is 4.92. The van der Waals surface area contributed by atoms with E-state index < -0.39 is 6.04 Å². The molecule has 0 saturated carbocycles. The van der Waals surface area contributed by atoms with E-state index in [0.29, 0.717) is 24.3 Å². The third kappa shape index (κ3) is 3.41. The van der Waals surface area contributed by atoms with E-state index in [1.807, 2.05) is 44.2 Å². The molecule has 1 amide bonds. The van der Waals surface area contributed by atoms with Crippen LogP contribution in [0.1, 0.15) is 40.2 Å². The number of aromatic nitrogens is 4. The minimum atomic E-state index is -0.509. The first kappa shape index (κ1) is 18.9. The molecule has 1 fully saturated rings. The van der Waals surface area contributed by atoms with Crippen molar-refractivity contribution in [1.82, 2.24) is 24.9 Å². The van der Waals surface area contributed by atoms with E-state index in [1.165, 1.54) is 6.20 Å². The van der Waals surface area contributed by atoms with Crippen LogP contribution in [0.15, 0.2) is 36.5 Å². The second kappa shape index (κ2) is 7.54. The predicted molar refractivity (Wildman–Crippen MR) is 109 cm³/mol. The summed E-state index contributed by atoms with van der Waals surface area (Å²) >= 11 is 0. The molecule has 2 aromatic heterocycles. The third-order valence-electron chi connectivity index (χ3n) is 5.56. The lowest BCUT2D eigenvalue weighted by Crippen LogP contribution is -2.41. The maximum atomic E-state index is 13.2. The lowest BCUT2D eigenvalue weighted by atomic mass is 10.0. The van der Waals surface area contributed by atoms with Gasteiger partial charge in [-0.05, 0) is 38.8 Å². The van der Waals surface area contributed by atoms with E-state index >= 15 is 0 Å². The number of nitrogens with zero attached hydrogens (tertiary/aromatic N) is 4. The topological polar surface area (TPSA) is 110 Å². The van der Waals surface area contributed by atoms with E-state index in [0.717, 1.165) is 29.1 Å². The van der Waals surface area contributed by atoms with Crippen LogP contribution < -0.4 is 5.73 Å². The number of para-hydroxylation sites is 1. The highest BCUT2D eigenvalue weighted by molar-refractivity contribution is 6.05. The number of carbonyl (C=O) groups excluding carboxylic acids is 2. The number of hydrogen-bond donors (Lipinski definition) is 2. The molecule has 1 atom stereocenters. The molecule has 3 heterocycles. The quantitative estimate of drug-likeness (QED) is 0.647. The average molecular weight is 392 g/mol. The summed E-state index contributed by atoms with van der Waals surface area (Å²) < 4.78 is 1.55. The van der Waals surface area contributed by atoms with Crippen molar-refractivity contribution in [2.24, 2.45) is 0 Å². The fraction of sp³-hybridized carbons (Fsp3) is 0.333. The van der Waals surface area contributed by atoms with E-state index in [-0.39, 0.29) is 18.1 Å². The summed E-state index contributed by atoms with van der Waals surface area (Å²) in [6.07, 6.45) is 3.15. The van der Waals surface area contributed by atoms with E-state index in [4.69, 9.17) is 5.73 Å². The van der Waals surface area contributed by atoms with Crippen molar-refractivity contribution in [3.63, 3.8) is 0 Å². The molecule has 0 unspecified atom stereocenters. The molecular weight excluding hydrogens is 368 g/mol. The van der Waals surface area contributed by atoms with Crippen LogP contribution in [0.2, 0.25) is 0 Å². The van der Waals surface area contributed by atoms with Crippen LogP contribution in [-0.4, -0.2) is 49.2 Å². The van der Waals surface area contributed by atoms with Gasteiger partial charge in [0.2, 0.25) is 5.91 Å². The van der Waals surface area contributed by atoms with Crippen LogP contribution in [0.5, 0.6) is 0 Å². The molecule has 29 heavy (non-hydrogen) atoms. The van der Waals surface area contributed by atoms with Crippen molar-refractivity contribution < 1.29 is 9.59 Å². The molecule has 4 rings (SSSR count). The Bertz CT molecular complexity index is 1030. The number of Topliss-reactive ketones (excluding diaryl/α,β-unsaturated/α-hetero) is 1. The number of H-pyrrole nitrogens is 1. The molecule has 8 heteroatoms. The first-order valence-electron chi connectivity index (χ1n) is 9.70. The maximum absolute atomic E-state index is 13.2. The lowest BCUT2D eigenvalue weighted by molar-refractivity contribution is -0.130. The number of anilines is 1. The summed E-state index contributed by atoms with van der Waals surface area (Å²) in [5, 5.41) is 11.3. The van der Waals surface area contributed by atoms with Crippen LogP contribution in [0.25, 0.3) is 5.69 Å². The summed E-state index contributed by atoms with van der Waals surface area (Å²) in [5.74, 6) is 0.0701. The average Bonchev–Trinajstić information content (AvgIpc) is 3.43. The number of likely N-dealkylation sites (tertiary alicyclic amines) is 1. The largest absolute Gasteiger partial charge is 0.383 e. The van der Waals surface area contributed by atoms with Crippen LogP contribution in [0.3, 0.4) is 0 Å². The van der Waals surface area contributed by atoms with Gasteiger partial charge in [0.25, 0.3) is 0 Å². The zero-order chi connectivity index (χ0) is 20.5. The zero-order valence-corrected chi connectivity index (χ0v) is 16.6. The summed E-state index contributed by atoms with van der Waals surface area (Å²) in [5.41, 5.74) is 9.97. The van der Waals surface area contributed by atoms with E-state index in [1.54, 1.807) is 9.58 Å². The van der Waals surface area contributed by atoms with Gasteiger partial charge in [0.05, 0.1) is 35.6 Å². The van der Waals surface area contributed by atoms with Gasteiger partial charge in [0, 0.05) is 17.8 Å². The predicted octanol–water partition coefficient (Wildman–Crippen LogP) is 2.21. The Morgan fingerprint density at radius 1 is 1.24 bits per heavy atom. The number of aromatic amines is 1. The van der Waals surface area contributed by atoms with Crippen molar-refractivity contribution >= 4 is 17.5 Å². The fourth-order valence-corrected chi connectivity index (χ4v) is 3.93. The second-order valence-electron chi connectivity index (χ2n) is 7.39. The Labute approximate surface area is 168 Å². The smallest absolute Gasteiger partial charge is 0.227 e. The minimum absolute atomic E-state index is 0.0672. The summed E-state index contributed by atoms with van der Waals surface area (Å²) in [6, 6.07) is 8.91. The Balaban J connectivity index is 1.55. The van der Waals surface area contributed by atoms with Gasteiger partial charge in [0.1, 0.15) is 5.82 Å². The molecule has 150 valence electrons. The molecule has 0 spiro atoms. The molecule has 0 radical (unpaired) electrons. The van der Waals surface area contributed by atoms with Crippen molar-refractivity contribution in [3.05, 3.63) is 59.0 Å². The van der Waals surface area contributed by atoms with Crippen LogP contribution >= 0.6 is 0 Å². The monoisotopic (exact) mass is 392 g/mol. The normalized spacial score (nSPS) is 16.3. The fourth-order valence-electron chi connectivity index (χ4n) is 3.93. The van der Waals surface area contributed by atoms with Crippen LogP contribution in [-0.2, 0) is 11.2 Å². The Hall–Kier alpha value is -3.42. The van der Waals surface area contributed by atoms with Gasteiger partial charge in [-0.2, -0.15) is 10.2 Å². The number of nitrogen functional groups attached to an aromatic ring is 1. The number of amides is 1. The van der Waals surface area contributed by atoms with E-state index in [9.17, 15) is 9.59 Å². The molecule has 0 bridgehead atoms. The zero-order valence-electron chi connectivity index (χ0n) is 16.6. The second-order valence-corrected chi connectivity index (χ2v) is 7.39. The molecular formula is C21H24N6O2. The summed E-state index contributed by atoms with van der Waals surface area (Å²) in [6.45, 7) is 4.34. The van der Waals surface area contributed by atoms with Gasteiger partial charge in [-0.15, -0.1) is 0 Å². The SMILES string of the molecule is Cc1n[nH]c(C)c1CC(=O)N1CCC[C@@H]1C(=O)c1cnn(-c2ccccc2)c1N. The number of carbonyl (C=O) groups is 2. The highest BCUT2D eigenvalue weighted by Gasteiger charge is 2.36. The van der Waals surface area contributed by atoms with Crippen molar-refractivity contribution in [1.29, 1.82) is 0 Å². The van der Waals surface area contributed by atoms with E-state index in [2.05, 4.69) is 15.3 Å². The molecule has 3 aromatic rings. The molecule has 1 aliphatic heterocycles. The minimum Gasteiger partial charge on any atom is -0.383 e. The van der Waals surface area contributed by atoms with Crippen molar-refractivity contribution in [3.8, 4) is 5.69 Å². The first-order chi connectivity index (χ1) is 14.0. The van der Waals surface area contributed by atoms with Gasteiger partial charge in [-0.3, -0.25) is 14.7 Å². The van der Waals surface area contributed by atoms with Gasteiger partial charge < -0.3 is 10.6 Å². The number of nitrogens with one attached hydrogen (secondary N) is 1. The molecule has 3 N–H and O–H groups in total. The number of rotatable bonds is 5. The van der Waals surface area contributed by atoms with Gasteiger partial charge in [-0.1, -0.05) is 18.2 Å². The molecule has 0 aliphatic carbocycles. The van der Waals surface area contributed by atoms with Crippen LogP contribution in [0, 0.1) is 13.8 Å². The lowest BCUT2D eigenvalue weighted by Gasteiger charge is -2.23. The highest BCUT2D eigenvalue weighted by Crippen LogP contribution is 2.26. The molecule has 1 aliphatic rings. The third-order valence-corrected chi connectivity index (χ3v) is 5.56. The number of ketones is 1. The Morgan fingerprint density at radius 3 is 2.69 bits per heavy atom. The molecule has 1 aromatic carbocycles. The number of aryl methyl sites for hydroxylation is 2. The first-order valence-corrected chi connectivity index (χ1v) is 9.70. The Morgan fingerprint density at radius 2 is 2.00 bits per heavy atom. The number of nitrogens with two attached hydrogens (primary N) is 1. The molecule has 8 nitrogen and oxygen atoms in total. The number of hydrogen-bond acceptors (Lipinski definition) is 5. The summed E-state index contributed by atoms with van der Waals surface area (Å²) in [7, 11) is 0. The van der Waals surface area contributed by atoms with Crippen LogP contribution in [0.4, 0.5) is 5.82 Å². The number of benzene rings is 1. The van der Waals surface area contributed by atoms with Gasteiger partial charge in [-0.25, -0.2) is 4.68 Å². The van der Waals surface area contributed by atoms with Crippen molar-refractivity contribution in [2.75, 3.05) is 12.3 Å². The van der Waals surface area contributed by atoms with Gasteiger partial charge >= 0.3 is 0 Å². The van der Waals surface area contributed by atoms with Gasteiger partial charge in [0.15, 0.2) is 5.78 Å². The maximum Gasteiger partial charge on any atom is 0.227 e. The standard InChI is InChI=1S/C21H24N6O2/c1-13-16(14(2)25-24-13)11-19(28)26-10-6-9-18(26)20(29)17-12-23-27(21(17)22)15-7-4-3-5-8-15/h3-5,7-8,12,18H,6,9-11,22H2,1-2H3,(H,24,25)/t18-/m1/s1. The highest BCUT2D eigenvalue weighted by atomic mass is 16.2. The summed E-state index contributed by atoms with van der Waals surface area (Å²) in [4.78, 5) is 27.8.